The average Bonchev–Trinajstić information content (AvgIpc) is 3.07. The molecule has 3 aromatic rings. The molecule has 1 aromatic heterocycles. The van der Waals surface area contributed by atoms with Crippen LogP contribution in [0.2, 0.25) is 5.02 Å². The molecule has 0 aliphatic carbocycles. The highest BCUT2D eigenvalue weighted by Crippen LogP contribution is 2.24. The van der Waals surface area contributed by atoms with E-state index in [4.69, 9.17) is 16.3 Å². The van der Waals surface area contributed by atoms with Crippen molar-refractivity contribution in [2.75, 3.05) is 11.9 Å². The molecule has 2 aromatic carbocycles. The van der Waals surface area contributed by atoms with Crippen LogP contribution in [-0.4, -0.2) is 22.1 Å². The lowest BCUT2D eigenvalue weighted by atomic mass is 10.2. The van der Waals surface area contributed by atoms with Crippen LogP contribution in [-0.2, 0) is 11.3 Å². The lowest BCUT2D eigenvalue weighted by Gasteiger charge is -2.10. The number of hydrogen-bond acceptors (Lipinski definition) is 3. The van der Waals surface area contributed by atoms with Crippen LogP contribution < -0.4 is 10.1 Å². The highest BCUT2D eigenvalue weighted by Gasteiger charge is 2.08. The van der Waals surface area contributed by atoms with Crippen molar-refractivity contribution in [1.29, 1.82) is 0 Å². The molecule has 1 N–H and O–H groups in total. The summed E-state index contributed by atoms with van der Waals surface area (Å²) in [6, 6.07) is 11.2. The van der Waals surface area contributed by atoms with Gasteiger partial charge in [0.1, 0.15) is 11.6 Å². The van der Waals surface area contributed by atoms with Gasteiger partial charge >= 0.3 is 0 Å². The van der Waals surface area contributed by atoms with Crippen LogP contribution in [0.5, 0.6) is 5.75 Å². The highest BCUT2D eigenvalue weighted by molar-refractivity contribution is 6.32. The fourth-order valence-electron chi connectivity index (χ4n) is 2.27. The summed E-state index contributed by atoms with van der Waals surface area (Å²) in [5.41, 5.74) is 1.69. The lowest BCUT2D eigenvalue weighted by molar-refractivity contribution is -0.118. The molecular weight excluding hydrogens is 345 g/mol. The van der Waals surface area contributed by atoms with E-state index < -0.39 is 5.82 Å². The number of ether oxygens (including phenoxy) is 1. The molecule has 128 valence electrons. The molecule has 5 nitrogen and oxygen atoms in total. The number of carbonyl (C=O) groups excluding carboxylic acids is 1. The number of nitrogens with one attached hydrogen (secondary N) is 1. The summed E-state index contributed by atoms with van der Waals surface area (Å²) in [5, 5.41) is 2.88. The van der Waals surface area contributed by atoms with Crippen molar-refractivity contribution < 1.29 is 13.9 Å². The number of amides is 1. The second-order valence-electron chi connectivity index (χ2n) is 5.35. The third-order valence-electron chi connectivity index (χ3n) is 3.39. The standard InChI is InChI=1S/C18H15ClFN3O2/c19-16-9-14(20)4-5-17(16)25-11-18(24)22-15-3-1-2-13(8-15)10-23-7-6-21-12-23/h1-9,12H,10-11H2,(H,22,24). The number of halogens is 2. The van der Waals surface area contributed by atoms with Gasteiger partial charge in [-0.2, -0.15) is 0 Å². The normalized spacial score (nSPS) is 10.5. The van der Waals surface area contributed by atoms with Crippen molar-refractivity contribution in [2.24, 2.45) is 0 Å². The molecule has 0 fully saturated rings. The van der Waals surface area contributed by atoms with E-state index in [-0.39, 0.29) is 23.3 Å². The van der Waals surface area contributed by atoms with Crippen LogP contribution in [0.25, 0.3) is 0 Å². The molecule has 0 atom stereocenters. The molecular formula is C18H15ClFN3O2. The molecule has 1 amide bonds. The summed E-state index contributed by atoms with van der Waals surface area (Å²) in [4.78, 5) is 16.0. The molecule has 0 aliphatic heterocycles. The number of benzene rings is 2. The zero-order chi connectivity index (χ0) is 17.6. The van der Waals surface area contributed by atoms with Gasteiger partial charge in [0.2, 0.25) is 0 Å². The Balaban J connectivity index is 1.57. The highest BCUT2D eigenvalue weighted by atomic mass is 35.5. The summed E-state index contributed by atoms with van der Waals surface area (Å²) in [6.45, 7) is 0.433. The first kappa shape index (κ1) is 17.0. The van der Waals surface area contributed by atoms with Crippen molar-refractivity contribution in [2.45, 2.75) is 6.54 Å². The molecule has 0 bridgehead atoms. The zero-order valence-corrected chi connectivity index (χ0v) is 13.9. The summed E-state index contributed by atoms with van der Waals surface area (Å²) >= 11 is 5.86. The van der Waals surface area contributed by atoms with Gasteiger partial charge in [-0.15, -0.1) is 0 Å². The molecule has 0 spiro atoms. The fraction of sp³-hybridized carbons (Fsp3) is 0.111. The number of anilines is 1. The number of imidazole rings is 1. The van der Waals surface area contributed by atoms with Crippen LogP contribution in [0.3, 0.4) is 0 Å². The van der Waals surface area contributed by atoms with Gasteiger partial charge in [0, 0.05) is 24.6 Å². The maximum Gasteiger partial charge on any atom is 0.262 e. The first-order chi connectivity index (χ1) is 12.1. The Hall–Kier alpha value is -2.86. The smallest absolute Gasteiger partial charge is 0.262 e. The number of aromatic nitrogens is 2. The largest absolute Gasteiger partial charge is 0.482 e. The van der Waals surface area contributed by atoms with Gasteiger partial charge in [-0.1, -0.05) is 23.7 Å². The number of rotatable bonds is 6. The average molecular weight is 360 g/mol. The van der Waals surface area contributed by atoms with Gasteiger partial charge in [-0.05, 0) is 35.9 Å². The van der Waals surface area contributed by atoms with Crippen molar-refractivity contribution >= 4 is 23.2 Å². The van der Waals surface area contributed by atoms with Crippen LogP contribution in [0.15, 0.2) is 61.2 Å². The fourth-order valence-corrected chi connectivity index (χ4v) is 2.49. The Bertz CT molecular complexity index is 869. The van der Waals surface area contributed by atoms with Gasteiger partial charge < -0.3 is 14.6 Å². The van der Waals surface area contributed by atoms with Gasteiger partial charge in [0.05, 0.1) is 11.3 Å². The van der Waals surface area contributed by atoms with E-state index in [1.54, 1.807) is 18.6 Å². The van der Waals surface area contributed by atoms with Crippen molar-refractivity contribution in [3.63, 3.8) is 0 Å². The molecule has 3 rings (SSSR count). The SMILES string of the molecule is O=C(COc1ccc(F)cc1Cl)Nc1cccc(Cn2ccnc2)c1. The van der Waals surface area contributed by atoms with Crippen LogP contribution >= 0.6 is 11.6 Å². The monoisotopic (exact) mass is 359 g/mol. The van der Waals surface area contributed by atoms with Crippen LogP contribution in [0, 0.1) is 5.82 Å². The molecule has 25 heavy (non-hydrogen) atoms. The Morgan fingerprint density at radius 2 is 2.16 bits per heavy atom. The molecule has 0 radical (unpaired) electrons. The molecule has 0 unspecified atom stereocenters. The molecule has 0 aliphatic rings. The summed E-state index contributed by atoms with van der Waals surface area (Å²) in [7, 11) is 0. The minimum absolute atomic E-state index is 0.120. The Morgan fingerprint density at radius 3 is 2.92 bits per heavy atom. The van der Waals surface area contributed by atoms with E-state index in [2.05, 4.69) is 10.3 Å². The summed E-state index contributed by atoms with van der Waals surface area (Å²) < 4.78 is 20.2. The first-order valence-electron chi connectivity index (χ1n) is 7.52. The second kappa shape index (κ2) is 7.81. The topological polar surface area (TPSA) is 56.1 Å². The number of nitrogens with zero attached hydrogens (tertiary/aromatic N) is 2. The predicted octanol–water partition coefficient (Wildman–Crippen LogP) is 3.74. The van der Waals surface area contributed by atoms with E-state index in [0.29, 0.717) is 12.2 Å². The maximum absolute atomic E-state index is 13.0. The third kappa shape index (κ3) is 4.81. The van der Waals surface area contributed by atoms with E-state index >= 15 is 0 Å². The van der Waals surface area contributed by atoms with Crippen molar-refractivity contribution in [3.05, 3.63) is 77.6 Å². The van der Waals surface area contributed by atoms with Crippen molar-refractivity contribution in [1.82, 2.24) is 9.55 Å². The third-order valence-corrected chi connectivity index (χ3v) is 3.68. The zero-order valence-electron chi connectivity index (χ0n) is 13.2. The maximum atomic E-state index is 13.0. The number of carbonyl (C=O) groups is 1. The van der Waals surface area contributed by atoms with Gasteiger partial charge in [-0.3, -0.25) is 4.79 Å². The minimum Gasteiger partial charge on any atom is -0.482 e. The quantitative estimate of drug-likeness (QED) is 0.729. The Kier molecular flexibility index (Phi) is 5.30. The molecule has 0 saturated heterocycles. The van der Waals surface area contributed by atoms with Crippen LogP contribution in [0.4, 0.5) is 10.1 Å². The van der Waals surface area contributed by atoms with Crippen molar-refractivity contribution in [3.8, 4) is 5.75 Å². The molecule has 1 heterocycles. The van der Waals surface area contributed by atoms with E-state index in [1.807, 2.05) is 29.0 Å². The summed E-state index contributed by atoms with van der Waals surface area (Å²) in [6.07, 6.45) is 5.31. The Labute approximate surface area is 149 Å². The first-order valence-corrected chi connectivity index (χ1v) is 7.90. The van der Waals surface area contributed by atoms with E-state index in [0.717, 1.165) is 11.6 Å². The van der Waals surface area contributed by atoms with Gasteiger partial charge in [-0.25, -0.2) is 9.37 Å². The Morgan fingerprint density at radius 1 is 1.28 bits per heavy atom. The van der Waals surface area contributed by atoms with Gasteiger partial charge in [0.15, 0.2) is 6.61 Å². The number of hydrogen-bond donors (Lipinski definition) is 1. The van der Waals surface area contributed by atoms with E-state index in [1.165, 1.54) is 12.1 Å². The second-order valence-corrected chi connectivity index (χ2v) is 5.75. The van der Waals surface area contributed by atoms with Gasteiger partial charge in [0.25, 0.3) is 5.91 Å². The molecule has 7 heteroatoms. The summed E-state index contributed by atoms with van der Waals surface area (Å²) in [5.74, 6) is -0.538. The van der Waals surface area contributed by atoms with Crippen LogP contribution in [0.1, 0.15) is 5.56 Å². The molecule has 0 saturated carbocycles. The minimum atomic E-state index is -0.462. The van der Waals surface area contributed by atoms with E-state index in [9.17, 15) is 9.18 Å². The lowest BCUT2D eigenvalue weighted by Crippen LogP contribution is -2.20. The predicted molar refractivity (Wildman–Crippen MR) is 93.3 cm³/mol.